The largest absolute Gasteiger partial charge is 0.351 e. The second-order valence-corrected chi connectivity index (χ2v) is 3.05. The van der Waals surface area contributed by atoms with Gasteiger partial charge in [-0.05, 0) is 12.1 Å². The van der Waals surface area contributed by atoms with Crippen LogP contribution in [0.4, 0.5) is 8.78 Å². The third-order valence-corrected chi connectivity index (χ3v) is 1.97. The van der Waals surface area contributed by atoms with Crippen LogP contribution in [0.3, 0.4) is 0 Å². The fourth-order valence-corrected chi connectivity index (χ4v) is 1.12. The molecule has 1 rings (SSSR count). The zero-order valence-electron chi connectivity index (χ0n) is 7.39. The summed E-state index contributed by atoms with van der Waals surface area (Å²) >= 11 is 5.30. The van der Waals surface area contributed by atoms with Crippen LogP contribution in [0.2, 0.25) is 5.02 Å². The predicted molar refractivity (Wildman–Crippen MR) is 49.8 cm³/mol. The van der Waals surface area contributed by atoms with E-state index >= 15 is 0 Å². The molecule has 0 heterocycles. The van der Waals surface area contributed by atoms with E-state index in [1.54, 1.807) is 0 Å². The minimum atomic E-state index is -1.31. The molecular weight excluding hydrogens is 228 g/mol. The summed E-state index contributed by atoms with van der Waals surface area (Å²) in [5.41, 5.74) is -0.439. The van der Waals surface area contributed by atoms with Gasteiger partial charge in [0, 0.05) is 0 Å². The molecule has 6 heteroatoms. The molecule has 0 aromatic heterocycles. The highest BCUT2D eigenvalue weighted by atomic mass is 35.5. The quantitative estimate of drug-likeness (QED) is 0.487. The number of hydrogen-bond acceptors (Lipinski definition) is 2. The molecule has 0 aliphatic heterocycles. The van der Waals surface area contributed by atoms with E-state index in [2.05, 4.69) is 5.32 Å². The van der Waals surface area contributed by atoms with E-state index in [-0.39, 0.29) is 6.54 Å². The van der Waals surface area contributed by atoms with Crippen molar-refractivity contribution in [1.29, 1.82) is 0 Å². The van der Waals surface area contributed by atoms with Gasteiger partial charge in [-0.1, -0.05) is 11.6 Å². The number of nitrogens with one attached hydrogen (secondary N) is 1. The SMILES string of the molecule is O=CNCC(=O)c1ccc(Cl)c(F)c1F. The topological polar surface area (TPSA) is 46.2 Å². The molecule has 1 aromatic carbocycles. The first kappa shape index (κ1) is 11.6. The first-order valence-electron chi connectivity index (χ1n) is 3.91. The molecule has 1 N–H and O–H groups in total. The molecule has 0 bridgehead atoms. The smallest absolute Gasteiger partial charge is 0.207 e. The van der Waals surface area contributed by atoms with Crippen LogP contribution in [0.1, 0.15) is 10.4 Å². The maximum atomic E-state index is 13.1. The molecule has 15 heavy (non-hydrogen) atoms. The molecule has 0 atom stereocenters. The maximum absolute atomic E-state index is 13.1. The number of Topliss-reactive ketones (excluding diaryl/α,β-unsaturated/α-hetero) is 1. The summed E-state index contributed by atoms with van der Waals surface area (Å²) in [6.45, 7) is -0.387. The van der Waals surface area contributed by atoms with E-state index < -0.39 is 28.0 Å². The fourth-order valence-electron chi connectivity index (χ4n) is 0.971. The van der Waals surface area contributed by atoms with Gasteiger partial charge in [0.1, 0.15) is 0 Å². The number of rotatable bonds is 4. The van der Waals surface area contributed by atoms with Gasteiger partial charge in [0.25, 0.3) is 0 Å². The first-order chi connectivity index (χ1) is 7.07. The molecule has 1 aromatic rings. The zero-order chi connectivity index (χ0) is 11.4. The van der Waals surface area contributed by atoms with Gasteiger partial charge in [0.05, 0.1) is 17.1 Å². The van der Waals surface area contributed by atoms with Crippen LogP contribution in [0, 0.1) is 11.6 Å². The third-order valence-electron chi connectivity index (χ3n) is 1.68. The molecule has 80 valence electrons. The lowest BCUT2D eigenvalue weighted by Crippen LogP contribution is -2.22. The Morgan fingerprint density at radius 2 is 2.07 bits per heavy atom. The molecule has 0 spiro atoms. The average Bonchev–Trinajstić information content (AvgIpc) is 2.23. The normalized spacial score (nSPS) is 9.80. The lowest BCUT2D eigenvalue weighted by molar-refractivity contribution is -0.109. The Bertz CT molecular complexity index is 409. The van der Waals surface area contributed by atoms with Crippen molar-refractivity contribution in [1.82, 2.24) is 5.32 Å². The lowest BCUT2D eigenvalue weighted by atomic mass is 10.1. The van der Waals surface area contributed by atoms with Crippen LogP contribution in [-0.4, -0.2) is 18.7 Å². The van der Waals surface area contributed by atoms with E-state index in [4.69, 9.17) is 11.6 Å². The number of amides is 1. The van der Waals surface area contributed by atoms with Gasteiger partial charge in [-0.15, -0.1) is 0 Å². The van der Waals surface area contributed by atoms with Crippen LogP contribution >= 0.6 is 11.6 Å². The molecule has 0 saturated heterocycles. The summed E-state index contributed by atoms with van der Waals surface area (Å²) < 4.78 is 26.1. The van der Waals surface area contributed by atoms with E-state index in [1.807, 2.05) is 0 Å². The van der Waals surface area contributed by atoms with Gasteiger partial charge < -0.3 is 5.32 Å². The van der Waals surface area contributed by atoms with Gasteiger partial charge in [-0.25, -0.2) is 8.78 Å². The summed E-state index contributed by atoms with van der Waals surface area (Å²) in [5.74, 6) is -3.30. The number of carbonyl (C=O) groups excluding carboxylic acids is 2. The molecule has 0 saturated carbocycles. The maximum Gasteiger partial charge on any atom is 0.207 e. The standard InChI is InChI=1S/C9H6ClF2NO2/c10-6-2-1-5(8(11)9(6)12)7(15)3-13-4-14/h1-2,4H,3H2,(H,13,14). The Morgan fingerprint density at radius 3 is 2.67 bits per heavy atom. The van der Waals surface area contributed by atoms with E-state index in [0.717, 1.165) is 12.1 Å². The first-order valence-corrected chi connectivity index (χ1v) is 4.29. The van der Waals surface area contributed by atoms with Crippen LogP contribution in [0.25, 0.3) is 0 Å². The summed E-state index contributed by atoms with van der Waals surface area (Å²) in [6.07, 6.45) is 0.294. The monoisotopic (exact) mass is 233 g/mol. The van der Waals surface area contributed by atoms with Crippen molar-refractivity contribution in [2.24, 2.45) is 0 Å². The number of halogens is 3. The third kappa shape index (κ3) is 2.50. The van der Waals surface area contributed by atoms with Crippen molar-refractivity contribution in [3.8, 4) is 0 Å². The second kappa shape index (κ2) is 4.84. The molecule has 0 unspecified atom stereocenters. The van der Waals surface area contributed by atoms with Crippen molar-refractivity contribution in [2.75, 3.05) is 6.54 Å². The zero-order valence-corrected chi connectivity index (χ0v) is 8.15. The Hall–Kier alpha value is -1.49. The molecule has 0 fully saturated rings. The number of carbonyl (C=O) groups is 2. The Kier molecular flexibility index (Phi) is 3.74. The molecule has 0 aliphatic carbocycles. The van der Waals surface area contributed by atoms with Gasteiger partial charge in [-0.2, -0.15) is 0 Å². The average molecular weight is 234 g/mol. The van der Waals surface area contributed by atoms with E-state index in [0.29, 0.717) is 6.41 Å². The lowest BCUT2D eigenvalue weighted by Gasteiger charge is -2.03. The molecule has 0 radical (unpaired) electrons. The molecule has 1 amide bonds. The van der Waals surface area contributed by atoms with Crippen molar-refractivity contribution in [3.05, 3.63) is 34.4 Å². The highest BCUT2D eigenvalue weighted by Gasteiger charge is 2.17. The summed E-state index contributed by atoms with van der Waals surface area (Å²) in [5, 5.41) is 1.66. The van der Waals surface area contributed by atoms with E-state index in [9.17, 15) is 18.4 Å². The Morgan fingerprint density at radius 1 is 1.40 bits per heavy atom. The highest BCUT2D eigenvalue weighted by molar-refractivity contribution is 6.30. The number of ketones is 1. The van der Waals surface area contributed by atoms with Crippen molar-refractivity contribution >= 4 is 23.8 Å². The molecular formula is C9H6ClF2NO2. The Labute approximate surface area is 89.0 Å². The highest BCUT2D eigenvalue weighted by Crippen LogP contribution is 2.20. The van der Waals surface area contributed by atoms with Gasteiger partial charge in [-0.3, -0.25) is 9.59 Å². The number of hydrogen-bond donors (Lipinski definition) is 1. The van der Waals surface area contributed by atoms with Crippen LogP contribution in [0.15, 0.2) is 12.1 Å². The minimum absolute atomic E-state index is 0.294. The molecule has 3 nitrogen and oxygen atoms in total. The fraction of sp³-hybridized carbons (Fsp3) is 0.111. The van der Waals surface area contributed by atoms with Crippen LogP contribution in [0.5, 0.6) is 0 Å². The van der Waals surface area contributed by atoms with Gasteiger partial charge >= 0.3 is 0 Å². The van der Waals surface area contributed by atoms with E-state index in [1.165, 1.54) is 0 Å². The second-order valence-electron chi connectivity index (χ2n) is 2.64. The minimum Gasteiger partial charge on any atom is -0.351 e. The number of benzene rings is 1. The summed E-state index contributed by atoms with van der Waals surface area (Å²) in [4.78, 5) is 21.1. The summed E-state index contributed by atoms with van der Waals surface area (Å²) in [7, 11) is 0. The van der Waals surface area contributed by atoms with Crippen LogP contribution < -0.4 is 5.32 Å². The summed E-state index contributed by atoms with van der Waals surface area (Å²) in [6, 6.07) is 2.14. The van der Waals surface area contributed by atoms with Gasteiger partial charge in [0.2, 0.25) is 6.41 Å². The predicted octanol–water partition coefficient (Wildman–Crippen LogP) is 1.55. The van der Waals surface area contributed by atoms with Crippen molar-refractivity contribution in [2.45, 2.75) is 0 Å². The van der Waals surface area contributed by atoms with Gasteiger partial charge in [0.15, 0.2) is 17.4 Å². The van der Waals surface area contributed by atoms with Crippen LogP contribution in [-0.2, 0) is 4.79 Å². The van der Waals surface area contributed by atoms with Crippen molar-refractivity contribution < 1.29 is 18.4 Å². The Balaban J connectivity index is 3.00. The molecule has 0 aliphatic rings. The van der Waals surface area contributed by atoms with Crippen molar-refractivity contribution in [3.63, 3.8) is 0 Å².